The molecule has 0 saturated carbocycles. The van der Waals surface area contributed by atoms with Gasteiger partial charge in [0.1, 0.15) is 5.76 Å². The lowest BCUT2D eigenvalue weighted by Crippen LogP contribution is -2.20. The molecule has 1 aromatic heterocycles. The molecule has 0 radical (unpaired) electrons. The highest BCUT2D eigenvalue weighted by Crippen LogP contribution is 2.23. The number of furan rings is 1. The van der Waals surface area contributed by atoms with Gasteiger partial charge in [0.2, 0.25) is 0 Å². The van der Waals surface area contributed by atoms with Gasteiger partial charge in [-0.3, -0.25) is 0 Å². The molecule has 0 amide bonds. The highest BCUT2D eigenvalue weighted by molar-refractivity contribution is 5.18. The van der Waals surface area contributed by atoms with Gasteiger partial charge in [-0.15, -0.1) is 0 Å². The summed E-state index contributed by atoms with van der Waals surface area (Å²) in [6, 6.07) is 2.44. The van der Waals surface area contributed by atoms with E-state index in [9.17, 15) is 0 Å². The van der Waals surface area contributed by atoms with E-state index in [1.807, 2.05) is 13.2 Å². The summed E-state index contributed by atoms with van der Waals surface area (Å²) < 4.78 is 5.34. The molecule has 0 aliphatic carbocycles. The average Bonchev–Trinajstić information content (AvgIpc) is 2.64. The molecule has 1 heterocycles. The largest absolute Gasteiger partial charge is 0.469 e. The van der Waals surface area contributed by atoms with Crippen molar-refractivity contribution in [3.8, 4) is 0 Å². The fraction of sp³-hybridized carbons (Fsp3) is 0.538. The molecule has 1 unspecified atom stereocenters. The van der Waals surface area contributed by atoms with E-state index in [0.717, 1.165) is 25.1 Å². The van der Waals surface area contributed by atoms with Crippen LogP contribution in [0.15, 0.2) is 28.9 Å². The van der Waals surface area contributed by atoms with Gasteiger partial charge in [0, 0.05) is 11.6 Å². The maximum Gasteiger partial charge on any atom is 0.101 e. The van der Waals surface area contributed by atoms with Crippen molar-refractivity contribution in [3.05, 3.63) is 35.8 Å². The molecule has 0 aliphatic heterocycles. The Morgan fingerprint density at radius 3 is 2.73 bits per heavy atom. The van der Waals surface area contributed by atoms with Crippen molar-refractivity contribution in [2.45, 2.75) is 39.7 Å². The number of hydrogen-bond acceptors (Lipinski definition) is 2. The van der Waals surface area contributed by atoms with Gasteiger partial charge in [0.05, 0.1) is 6.26 Å². The van der Waals surface area contributed by atoms with Crippen LogP contribution >= 0.6 is 0 Å². The van der Waals surface area contributed by atoms with Crippen LogP contribution in [-0.4, -0.2) is 6.54 Å². The lowest BCUT2D eigenvalue weighted by molar-refractivity contribution is 0.509. The van der Waals surface area contributed by atoms with Crippen molar-refractivity contribution in [2.24, 2.45) is 0 Å². The van der Waals surface area contributed by atoms with Crippen molar-refractivity contribution in [3.63, 3.8) is 0 Å². The van der Waals surface area contributed by atoms with Gasteiger partial charge in [0.15, 0.2) is 0 Å². The van der Waals surface area contributed by atoms with Crippen molar-refractivity contribution in [1.82, 2.24) is 5.32 Å². The van der Waals surface area contributed by atoms with Crippen molar-refractivity contribution in [1.29, 1.82) is 0 Å². The van der Waals surface area contributed by atoms with E-state index >= 15 is 0 Å². The van der Waals surface area contributed by atoms with E-state index in [-0.39, 0.29) is 0 Å². The Labute approximate surface area is 92.4 Å². The summed E-state index contributed by atoms with van der Waals surface area (Å²) in [7, 11) is 0. The van der Waals surface area contributed by atoms with Gasteiger partial charge in [-0.2, -0.15) is 0 Å². The number of rotatable bonds is 6. The van der Waals surface area contributed by atoms with Gasteiger partial charge in [0.25, 0.3) is 0 Å². The minimum atomic E-state index is 0.347. The van der Waals surface area contributed by atoms with Crippen LogP contribution < -0.4 is 5.32 Å². The summed E-state index contributed by atoms with van der Waals surface area (Å²) in [4.78, 5) is 0. The third-order valence-corrected chi connectivity index (χ3v) is 2.60. The Balaban J connectivity index is 2.69. The van der Waals surface area contributed by atoms with Crippen LogP contribution in [0.5, 0.6) is 0 Å². The van der Waals surface area contributed by atoms with E-state index in [1.165, 1.54) is 11.1 Å². The zero-order chi connectivity index (χ0) is 11.3. The Kier molecular flexibility index (Phi) is 4.63. The zero-order valence-corrected chi connectivity index (χ0v) is 9.97. The summed E-state index contributed by atoms with van der Waals surface area (Å²) in [5.41, 5.74) is 2.50. The summed E-state index contributed by atoms with van der Waals surface area (Å²) in [6.45, 7) is 11.3. The van der Waals surface area contributed by atoms with E-state index < -0.39 is 0 Å². The predicted molar refractivity (Wildman–Crippen MR) is 63.9 cm³/mol. The van der Waals surface area contributed by atoms with E-state index in [4.69, 9.17) is 4.42 Å². The van der Waals surface area contributed by atoms with Crippen molar-refractivity contribution in [2.75, 3.05) is 6.54 Å². The molecule has 84 valence electrons. The monoisotopic (exact) mass is 207 g/mol. The molecule has 1 aromatic rings. The Bertz CT molecular complexity index is 314. The summed E-state index contributed by atoms with van der Waals surface area (Å²) >= 11 is 0. The molecule has 15 heavy (non-hydrogen) atoms. The van der Waals surface area contributed by atoms with Crippen molar-refractivity contribution >= 4 is 0 Å². The van der Waals surface area contributed by atoms with Crippen LogP contribution in [0.2, 0.25) is 0 Å². The molecule has 1 atom stereocenters. The SMILES string of the molecule is C=C(CC)CC(NCC)c1coc(C)c1. The first-order chi connectivity index (χ1) is 7.17. The minimum absolute atomic E-state index is 0.347. The zero-order valence-electron chi connectivity index (χ0n) is 9.97. The van der Waals surface area contributed by atoms with Gasteiger partial charge in [-0.1, -0.05) is 26.0 Å². The molecule has 1 N–H and O–H groups in total. The Morgan fingerprint density at radius 1 is 1.53 bits per heavy atom. The maximum absolute atomic E-state index is 5.34. The standard InChI is InChI=1S/C13H21NO/c1-5-10(3)7-13(14-6-2)12-8-11(4)15-9-12/h8-9,13-14H,3,5-7H2,1-2,4H3. The summed E-state index contributed by atoms with van der Waals surface area (Å²) in [6.07, 6.45) is 3.87. The second kappa shape index (κ2) is 5.76. The number of nitrogens with one attached hydrogen (secondary N) is 1. The van der Waals surface area contributed by atoms with Crippen LogP contribution in [0.1, 0.15) is 44.1 Å². The fourth-order valence-electron chi connectivity index (χ4n) is 1.63. The molecule has 0 fully saturated rings. The lowest BCUT2D eigenvalue weighted by atomic mass is 10.0. The smallest absolute Gasteiger partial charge is 0.101 e. The first-order valence-electron chi connectivity index (χ1n) is 5.62. The lowest BCUT2D eigenvalue weighted by Gasteiger charge is -2.16. The highest BCUT2D eigenvalue weighted by atomic mass is 16.3. The molecule has 0 spiro atoms. The third-order valence-electron chi connectivity index (χ3n) is 2.60. The van der Waals surface area contributed by atoms with Crippen LogP contribution in [0.25, 0.3) is 0 Å². The van der Waals surface area contributed by atoms with Crippen LogP contribution in [0.3, 0.4) is 0 Å². The maximum atomic E-state index is 5.34. The molecule has 0 aromatic carbocycles. The molecule has 2 nitrogen and oxygen atoms in total. The molecule has 0 saturated heterocycles. The molecule has 0 bridgehead atoms. The molecule has 1 rings (SSSR count). The van der Waals surface area contributed by atoms with E-state index in [0.29, 0.717) is 6.04 Å². The van der Waals surface area contributed by atoms with Crippen LogP contribution in [0.4, 0.5) is 0 Å². The van der Waals surface area contributed by atoms with Crippen molar-refractivity contribution < 1.29 is 4.42 Å². The van der Waals surface area contributed by atoms with Gasteiger partial charge in [-0.05, 0) is 32.4 Å². The predicted octanol–water partition coefficient (Wildman–Crippen LogP) is 3.59. The molecule has 2 heteroatoms. The van der Waals surface area contributed by atoms with Crippen LogP contribution in [-0.2, 0) is 0 Å². The van der Waals surface area contributed by atoms with Crippen LogP contribution in [0, 0.1) is 6.92 Å². The second-order valence-corrected chi connectivity index (χ2v) is 3.91. The number of aryl methyl sites for hydroxylation is 1. The highest BCUT2D eigenvalue weighted by Gasteiger charge is 2.13. The van der Waals surface area contributed by atoms with Gasteiger partial charge >= 0.3 is 0 Å². The summed E-state index contributed by atoms with van der Waals surface area (Å²) in [5, 5.41) is 3.46. The fourth-order valence-corrected chi connectivity index (χ4v) is 1.63. The first kappa shape index (κ1) is 12.1. The molecular weight excluding hydrogens is 186 g/mol. The quantitative estimate of drug-likeness (QED) is 0.721. The minimum Gasteiger partial charge on any atom is -0.469 e. The Morgan fingerprint density at radius 2 is 2.27 bits per heavy atom. The second-order valence-electron chi connectivity index (χ2n) is 3.91. The molecular formula is C13H21NO. The van der Waals surface area contributed by atoms with Gasteiger partial charge in [-0.25, -0.2) is 0 Å². The Hall–Kier alpha value is -1.02. The van der Waals surface area contributed by atoms with E-state index in [1.54, 1.807) is 0 Å². The van der Waals surface area contributed by atoms with Gasteiger partial charge < -0.3 is 9.73 Å². The number of hydrogen-bond donors (Lipinski definition) is 1. The third kappa shape index (κ3) is 3.56. The topological polar surface area (TPSA) is 25.2 Å². The molecule has 0 aliphatic rings. The van der Waals surface area contributed by atoms with E-state index in [2.05, 4.69) is 31.8 Å². The first-order valence-corrected chi connectivity index (χ1v) is 5.62. The average molecular weight is 207 g/mol. The summed E-state index contributed by atoms with van der Waals surface area (Å²) in [5.74, 6) is 0.968. The normalized spacial score (nSPS) is 12.7.